The SMILES string of the molecule is CC(C)NCCC[N+]1(Sc2cc3c(cc2-c2ccc(C=O)o2)OCO3)C=Nc2c(N)ncnc21. The van der Waals surface area contributed by atoms with Gasteiger partial charge >= 0.3 is 0 Å². The smallest absolute Gasteiger partial charge is 0.277 e. The number of anilines is 1. The minimum atomic E-state index is 0.148. The molecule has 0 amide bonds. The topological polar surface area (TPSA) is 125 Å². The molecule has 0 radical (unpaired) electrons. The van der Waals surface area contributed by atoms with Gasteiger partial charge in [-0.15, -0.1) is 0 Å². The summed E-state index contributed by atoms with van der Waals surface area (Å²) in [4.78, 5) is 25.3. The van der Waals surface area contributed by atoms with Crippen molar-refractivity contribution in [3.05, 3.63) is 36.4 Å². The fourth-order valence-electron chi connectivity index (χ4n) is 3.90. The molecule has 0 spiro atoms. The summed E-state index contributed by atoms with van der Waals surface area (Å²) < 4.78 is 17.3. The molecule has 11 heteroatoms. The molecular formula is C23H25N6O4S+. The average Bonchev–Trinajstić information content (AvgIpc) is 3.56. The van der Waals surface area contributed by atoms with Gasteiger partial charge < -0.3 is 24.9 Å². The number of aliphatic imine (C=N–C) groups is 1. The summed E-state index contributed by atoms with van der Waals surface area (Å²) in [5.41, 5.74) is 7.47. The molecule has 1 aromatic carbocycles. The van der Waals surface area contributed by atoms with Gasteiger partial charge in [-0.2, -0.15) is 13.9 Å². The normalized spacial score (nSPS) is 18.0. The number of nitrogens with one attached hydrogen (secondary N) is 1. The van der Waals surface area contributed by atoms with Crippen molar-refractivity contribution < 1.29 is 18.7 Å². The second-order valence-electron chi connectivity index (χ2n) is 8.27. The number of nitrogens with zero attached hydrogens (tertiary/aromatic N) is 4. The molecule has 176 valence electrons. The molecule has 34 heavy (non-hydrogen) atoms. The van der Waals surface area contributed by atoms with Gasteiger partial charge in [0.05, 0.1) is 4.90 Å². The molecule has 2 aliphatic heterocycles. The Balaban J connectivity index is 1.56. The number of hydrogen-bond acceptors (Lipinski definition) is 10. The van der Waals surface area contributed by atoms with Crippen molar-refractivity contribution in [2.24, 2.45) is 4.99 Å². The molecule has 0 saturated carbocycles. The highest BCUT2D eigenvalue weighted by Gasteiger charge is 2.43. The summed E-state index contributed by atoms with van der Waals surface area (Å²) in [7, 11) is 0. The average molecular weight is 482 g/mol. The van der Waals surface area contributed by atoms with Crippen LogP contribution in [0.2, 0.25) is 0 Å². The van der Waals surface area contributed by atoms with E-state index in [-0.39, 0.29) is 16.4 Å². The molecule has 1 unspecified atom stereocenters. The maximum Gasteiger partial charge on any atom is 0.277 e. The summed E-state index contributed by atoms with van der Waals surface area (Å²) in [5, 5.41) is 3.46. The molecule has 3 aromatic rings. The number of ether oxygens (including phenoxy) is 2. The van der Waals surface area contributed by atoms with Gasteiger partial charge in [-0.1, -0.05) is 13.8 Å². The molecule has 3 N–H and O–H groups in total. The van der Waals surface area contributed by atoms with Crippen molar-refractivity contribution in [3.63, 3.8) is 0 Å². The largest absolute Gasteiger partial charge is 0.454 e. The van der Waals surface area contributed by atoms with E-state index in [1.54, 1.807) is 24.1 Å². The fraction of sp³-hybridized carbons (Fsp3) is 0.304. The van der Waals surface area contributed by atoms with Gasteiger partial charge in [0, 0.05) is 30.6 Å². The van der Waals surface area contributed by atoms with E-state index in [0.717, 1.165) is 29.2 Å². The maximum absolute atomic E-state index is 11.2. The lowest BCUT2D eigenvalue weighted by atomic mass is 10.1. The number of fused-ring (bicyclic) bond motifs is 2. The zero-order valence-electron chi connectivity index (χ0n) is 18.9. The molecule has 2 aliphatic rings. The standard InChI is InChI=1S/C23H25N6O4S/c1-14(2)25-6-3-7-29(12-28-21-22(24)26-11-27-23(21)29)34-20-9-19-18(31-13-32-19)8-16(20)17-5-4-15(10-30)33-17/h4-5,8-12,14,25H,3,6-7,13H2,1-2H3,(H2,24,26,27)/q+1. The zero-order chi connectivity index (χ0) is 23.7. The van der Waals surface area contributed by atoms with Crippen LogP contribution in [0.5, 0.6) is 11.5 Å². The Hall–Kier alpha value is -3.41. The first-order valence-electron chi connectivity index (χ1n) is 10.9. The van der Waals surface area contributed by atoms with Crippen LogP contribution in [-0.4, -0.2) is 48.5 Å². The Morgan fingerprint density at radius 2 is 2.06 bits per heavy atom. The summed E-state index contributed by atoms with van der Waals surface area (Å²) in [5.74, 6) is 3.14. The van der Waals surface area contributed by atoms with Crippen LogP contribution in [0.15, 0.2) is 44.9 Å². The quantitative estimate of drug-likeness (QED) is 0.202. The third-order valence-electron chi connectivity index (χ3n) is 5.53. The van der Waals surface area contributed by atoms with Crippen molar-refractivity contribution in [2.45, 2.75) is 31.2 Å². The van der Waals surface area contributed by atoms with E-state index in [0.29, 0.717) is 47.6 Å². The zero-order valence-corrected chi connectivity index (χ0v) is 19.7. The molecule has 1 atom stereocenters. The Labute approximate surface area is 200 Å². The first-order valence-corrected chi connectivity index (χ1v) is 11.7. The van der Waals surface area contributed by atoms with E-state index >= 15 is 0 Å². The lowest BCUT2D eigenvalue weighted by Crippen LogP contribution is -2.42. The number of rotatable bonds is 9. The molecule has 0 bridgehead atoms. The van der Waals surface area contributed by atoms with E-state index < -0.39 is 0 Å². The van der Waals surface area contributed by atoms with Crippen LogP contribution < -0.4 is 24.4 Å². The van der Waals surface area contributed by atoms with Crippen molar-refractivity contribution in [2.75, 3.05) is 25.6 Å². The second-order valence-corrected chi connectivity index (χ2v) is 9.54. The lowest BCUT2D eigenvalue weighted by Gasteiger charge is -2.27. The number of nitrogens with two attached hydrogens (primary N) is 1. The first kappa shape index (κ1) is 22.4. The van der Waals surface area contributed by atoms with Crippen LogP contribution in [0.4, 0.5) is 17.3 Å². The minimum absolute atomic E-state index is 0.148. The number of hydrogen-bond donors (Lipinski definition) is 2. The summed E-state index contributed by atoms with van der Waals surface area (Å²) in [6.07, 6.45) is 4.87. The van der Waals surface area contributed by atoms with Gasteiger partial charge in [0.2, 0.25) is 13.1 Å². The Kier molecular flexibility index (Phi) is 5.98. The molecule has 4 heterocycles. The number of carbonyl (C=O) groups is 1. The van der Waals surface area contributed by atoms with Crippen LogP contribution in [0.3, 0.4) is 0 Å². The number of benzene rings is 1. The fourth-order valence-corrected chi connectivity index (χ4v) is 5.20. The monoisotopic (exact) mass is 481 g/mol. The number of aromatic nitrogens is 2. The van der Waals surface area contributed by atoms with Gasteiger partial charge in [0.15, 0.2) is 35.1 Å². The highest BCUT2D eigenvalue weighted by molar-refractivity contribution is 7.99. The van der Waals surface area contributed by atoms with Crippen molar-refractivity contribution in [1.29, 1.82) is 0 Å². The van der Waals surface area contributed by atoms with Crippen LogP contribution in [0.1, 0.15) is 30.8 Å². The molecule has 5 rings (SSSR count). The Morgan fingerprint density at radius 1 is 1.24 bits per heavy atom. The summed E-state index contributed by atoms with van der Waals surface area (Å²) >= 11 is 1.54. The number of furan rings is 1. The maximum atomic E-state index is 11.2. The number of quaternary nitrogens is 1. The molecule has 2 aromatic heterocycles. The Bertz CT molecular complexity index is 1260. The number of carbonyl (C=O) groups excluding carboxylic acids is 1. The van der Waals surface area contributed by atoms with Crippen molar-refractivity contribution in [1.82, 2.24) is 19.2 Å². The van der Waals surface area contributed by atoms with Gasteiger partial charge in [-0.25, -0.2) is 4.98 Å². The van der Waals surface area contributed by atoms with E-state index in [1.165, 1.54) is 6.33 Å². The predicted molar refractivity (Wildman–Crippen MR) is 131 cm³/mol. The van der Waals surface area contributed by atoms with E-state index in [2.05, 4.69) is 34.1 Å². The van der Waals surface area contributed by atoms with Crippen molar-refractivity contribution >= 4 is 41.9 Å². The first-order chi connectivity index (χ1) is 16.5. The molecule has 10 nitrogen and oxygen atoms in total. The minimum Gasteiger partial charge on any atom is -0.454 e. The van der Waals surface area contributed by atoms with Crippen LogP contribution in [-0.2, 0) is 0 Å². The van der Waals surface area contributed by atoms with Crippen molar-refractivity contribution in [3.8, 4) is 22.8 Å². The lowest BCUT2D eigenvalue weighted by molar-refractivity contribution is 0.110. The number of nitrogen functional groups attached to an aromatic ring is 1. The van der Waals surface area contributed by atoms with Crippen LogP contribution in [0, 0.1) is 0 Å². The van der Waals surface area contributed by atoms with Gasteiger partial charge in [0.1, 0.15) is 30.6 Å². The van der Waals surface area contributed by atoms with Gasteiger partial charge in [-0.3, -0.25) is 4.79 Å². The van der Waals surface area contributed by atoms with E-state index in [1.807, 2.05) is 18.5 Å². The third kappa shape index (κ3) is 4.13. The van der Waals surface area contributed by atoms with Gasteiger partial charge in [-0.05, 0) is 18.2 Å². The van der Waals surface area contributed by atoms with E-state index in [4.69, 9.17) is 19.6 Å². The van der Waals surface area contributed by atoms with E-state index in [9.17, 15) is 4.79 Å². The Morgan fingerprint density at radius 3 is 2.82 bits per heavy atom. The number of aldehydes is 1. The van der Waals surface area contributed by atoms with Gasteiger partial charge in [0.25, 0.3) is 5.82 Å². The van der Waals surface area contributed by atoms with Crippen LogP contribution >= 0.6 is 11.9 Å². The third-order valence-corrected chi connectivity index (χ3v) is 6.84. The molecule has 0 aliphatic carbocycles. The molecule has 0 saturated heterocycles. The highest BCUT2D eigenvalue weighted by Crippen LogP contribution is 2.50. The molecular weight excluding hydrogens is 456 g/mol. The molecule has 0 fully saturated rings. The predicted octanol–water partition coefficient (Wildman–Crippen LogP) is 3.94. The van der Waals surface area contributed by atoms with Crippen LogP contribution in [0.25, 0.3) is 11.3 Å². The highest BCUT2D eigenvalue weighted by atomic mass is 32.2. The summed E-state index contributed by atoms with van der Waals surface area (Å²) in [6.45, 7) is 5.94. The second kappa shape index (κ2) is 9.09. The summed E-state index contributed by atoms with van der Waals surface area (Å²) in [6, 6.07) is 7.61.